The molecule has 0 aliphatic carbocycles. The fourth-order valence-corrected chi connectivity index (χ4v) is 2.00. The second-order valence-corrected chi connectivity index (χ2v) is 4.94. The third kappa shape index (κ3) is 4.67. The maximum Gasteiger partial charge on any atom is 0.223 e. The van der Waals surface area contributed by atoms with Crippen LogP contribution in [0.25, 0.3) is 0 Å². The number of nitrogens with one attached hydrogen (secondary N) is 1. The number of hydrogen-bond acceptors (Lipinski definition) is 2. The number of nitrogens with zero attached hydrogens (tertiary/aromatic N) is 1. The smallest absolute Gasteiger partial charge is 0.223 e. The second-order valence-electron chi connectivity index (χ2n) is 4.51. The Hall–Kier alpha value is -1.06. The van der Waals surface area contributed by atoms with Gasteiger partial charge in [-0.3, -0.25) is 4.79 Å². The normalized spacial score (nSPS) is 12.2. The minimum Gasteiger partial charge on any atom is -0.349 e. The van der Waals surface area contributed by atoms with Gasteiger partial charge in [-0.25, -0.2) is 0 Å². The summed E-state index contributed by atoms with van der Waals surface area (Å²) in [6, 6.07) is 8.09. The Kier molecular flexibility index (Phi) is 6.16. The van der Waals surface area contributed by atoms with E-state index in [1.165, 1.54) is 5.56 Å². The summed E-state index contributed by atoms with van der Waals surface area (Å²) in [5, 5.41) is 4.14. The Bertz CT molecular complexity index is 393. The van der Waals surface area contributed by atoms with Gasteiger partial charge in [0.15, 0.2) is 0 Å². The van der Waals surface area contributed by atoms with Crippen LogP contribution in [0.5, 0.6) is 0 Å². The molecule has 1 aromatic carbocycles. The molecule has 1 rings (SSSR count). The van der Waals surface area contributed by atoms with Crippen LogP contribution < -0.4 is 5.32 Å². The lowest BCUT2D eigenvalue weighted by Crippen LogP contribution is -2.28. The van der Waals surface area contributed by atoms with Gasteiger partial charge < -0.3 is 10.2 Å². The average molecular weight is 269 g/mol. The van der Waals surface area contributed by atoms with Gasteiger partial charge in [-0.05, 0) is 24.1 Å². The van der Waals surface area contributed by atoms with Gasteiger partial charge in [0.1, 0.15) is 0 Å². The first-order valence-electron chi connectivity index (χ1n) is 6.23. The lowest BCUT2D eigenvalue weighted by Gasteiger charge is -2.18. The first kappa shape index (κ1) is 15.0. The van der Waals surface area contributed by atoms with Gasteiger partial charge in [0.25, 0.3) is 0 Å². The highest BCUT2D eigenvalue weighted by molar-refractivity contribution is 6.30. The van der Waals surface area contributed by atoms with Gasteiger partial charge in [-0.1, -0.05) is 30.7 Å². The van der Waals surface area contributed by atoms with Crippen molar-refractivity contribution in [1.82, 2.24) is 10.2 Å². The van der Waals surface area contributed by atoms with Crippen molar-refractivity contribution in [2.75, 3.05) is 20.6 Å². The highest BCUT2D eigenvalue weighted by Gasteiger charge is 2.10. The third-order valence-electron chi connectivity index (χ3n) is 2.89. The standard InChI is InChI=1S/C14H21ClN2O/c1-4-13(11-6-5-7-12(15)10-11)16-9-8-14(18)17(2)3/h5-7,10,13,16H,4,8-9H2,1-3H3. The van der Waals surface area contributed by atoms with E-state index in [2.05, 4.69) is 18.3 Å². The van der Waals surface area contributed by atoms with Crippen molar-refractivity contribution >= 4 is 17.5 Å². The highest BCUT2D eigenvalue weighted by Crippen LogP contribution is 2.20. The lowest BCUT2D eigenvalue weighted by molar-refractivity contribution is -0.128. The van der Waals surface area contributed by atoms with Crippen LogP contribution in [-0.4, -0.2) is 31.4 Å². The molecule has 0 saturated carbocycles. The number of amides is 1. The van der Waals surface area contributed by atoms with Crippen LogP contribution in [0, 0.1) is 0 Å². The van der Waals surface area contributed by atoms with Crippen LogP contribution >= 0.6 is 11.6 Å². The maximum atomic E-state index is 11.5. The highest BCUT2D eigenvalue weighted by atomic mass is 35.5. The number of rotatable bonds is 6. The quantitative estimate of drug-likeness (QED) is 0.860. The van der Waals surface area contributed by atoms with Crippen molar-refractivity contribution in [2.45, 2.75) is 25.8 Å². The van der Waals surface area contributed by atoms with Gasteiger partial charge in [0, 0.05) is 38.1 Å². The number of carbonyl (C=O) groups is 1. The molecule has 0 spiro atoms. The van der Waals surface area contributed by atoms with E-state index in [1.54, 1.807) is 19.0 Å². The minimum absolute atomic E-state index is 0.142. The predicted octanol–water partition coefficient (Wildman–Crippen LogP) is 2.86. The van der Waals surface area contributed by atoms with Crippen molar-refractivity contribution in [3.63, 3.8) is 0 Å². The first-order chi connectivity index (χ1) is 8.54. The lowest BCUT2D eigenvalue weighted by atomic mass is 10.0. The molecule has 18 heavy (non-hydrogen) atoms. The number of hydrogen-bond donors (Lipinski definition) is 1. The molecule has 0 aromatic heterocycles. The molecule has 4 heteroatoms. The Balaban J connectivity index is 2.50. The summed E-state index contributed by atoms with van der Waals surface area (Å²) in [7, 11) is 3.55. The zero-order valence-electron chi connectivity index (χ0n) is 11.2. The van der Waals surface area contributed by atoms with E-state index in [9.17, 15) is 4.79 Å². The van der Waals surface area contributed by atoms with Gasteiger partial charge in [0.2, 0.25) is 5.91 Å². The van der Waals surface area contributed by atoms with Crippen molar-refractivity contribution in [2.24, 2.45) is 0 Å². The van der Waals surface area contributed by atoms with Crippen LogP contribution in [0.15, 0.2) is 24.3 Å². The van der Waals surface area contributed by atoms with Crippen LogP contribution in [0.3, 0.4) is 0 Å². The average Bonchev–Trinajstić information content (AvgIpc) is 2.34. The fraction of sp³-hybridized carbons (Fsp3) is 0.500. The molecule has 0 bridgehead atoms. The molecule has 0 saturated heterocycles. The summed E-state index contributed by atoms with van der Waals surface area (Å²) in [5.41, 5.74) is 1.17. The van der Waals surface area contributed by atoms with Crippen LogP contribution in [-0.2, 0) is 4.79 Å². The largest absolute Gasteiger partial charge is 0.349 e. The van der Waals surface area contributed by atoms with Crippen LogP contribution in [0.1, 0.15) is 31.4 Å². The zero-order valence-corrected chi connectivity index (χ0v) is 12.0. The molecule has 1 atom stereocenters. The van der Waals surface area contributed by atoms with Gasteiger partial charge in [-0.2, -0.15) is 0 Å². The Morgan fingerprint density at radius 3 is 2.72 bits per heavy atom. The molecular formula is C14H21ClN2O. The summed E-state index contributed by atoms with van der Waals surface area (Å²) in [4.78, 5) is 13.1. The fourth-order valence-electron chi connectivity index (χ4n) is 1.80. The second kappa shape index (κ2) is 7.39. The van der Waals surface area contributed by atoms with Crippen LogP contribution in [0.2, 0.25) is 5.02 Å². The molecule has 1 aromatic rings. The predicted molar refractivity (Wildman–Crippen MR) is 75.8 cm³/mol. The summed E-state index contributed by atoms with van der Waals surface area (Å²) in [6.07, 6.45) is 1.49. The Morgan fingerprint density at radius 2 is 2.17 bits per heavy atom. The summed E-state index contributed by atoms with van der Waals surface area (Å²) in [6.45, 7) is 2.80. The first-order valence-corrected chi connectivity index (χ1v) is 6.61. The number of benzene rings is 1. The van der Waals surface area contributed by atoms with Gasteiger partial charge >= 0.3 is 0 Å². The molecule has 0 radical (unpaired) electrons. The van der Waals surface area contributed by atoms with E-state index in [1.807, 2.05) is 18.2 Å². The van der Waals surface area contributed by atoms with E-state index in [4.69, 9.17) is 11.6 Å². The molecule has 0 aliphatic rings. The molecule has 0 fully saturated rings. The summed E-state index contributed by atoms with van der Waals surface area (Å²) >= 11 is 5.98. The molecule has 1 N–H and O–H groups in total. The molecule has 0 heterocycles. The van der Waals surface area contributed by atoms with Crippen molar-refractivity contribution < 1.29 is 4.79 Å². The van der Waals surface area contributed by atoms with E-state index < -0.39 is 0 Å². The van der Waals surface area contributed by atoms with E-state index in [0.29, 0.717) is 13.0 Å². The van der Waals surface area contributed by atoms with Crippen molar-refractivity contribution in [3.05, 3.63) is 34.9 Å². The Labute approximate surface area is 114 Å². The van der Waals surface area contributed by atoms with Gasteiger partial charge in [0.05, 0.1) is 0 Å². The van der Waals surface area contributed by atoms with Crippen molar-refractivity contribution in [3.8, 4) is 0 Å². The summed E-state index contributed by atoms with van der Waals surface area (Å²) < 4.78 is 0. The molecule has 0 aliphatic heterocycles. The van der Waals surface area contributed by atoms with Crippen LogP contribution in [0.4, 0.5) is 0 Å². The topological polar surface area (TPSA) is 32.3 Å². The van der Waals surface area contributed by atoms with E-state index >= 15 is 0 Å². The van der Waals surface area contributed by atoms with E-state index in [0.717, 1.165) is 11.4 Å². The Morgan fingerprint density at radius 1 is 1.44 bits per heavy atom. The molecular weight excluding hydrogens is 248 g/mol. The SMILES string of the molecule is CCC(NCCC(=O)N(C)C)c1cccc(Cl)c1. The van der Waals surface area contributed by atoms with Gasteiger partial charge in [-0.15, -0.1) is 0 Å². The maximum absolute atomic E-state index is 11.5. The zero-order chi connectivity index (χ0) is 13.5. The molecule has 1 unspecified atom stereocenters. The summed E-state index contributed by atoms with van der Waals surface area (Å²) in [5.74, 6) is 0.142. The number of carbonyl (C=O) groups excluding carboxylic acids is 1. The molecule has 3 nitrogen and oxygen atoms in total. The monoisotopic (exact) mass is 268 g/mol. The number of halogens is 1. The minimum atomic E-state index is 0.142. The molecule has 1 amide bonds. The molecule has 100 valence electrons. The van der Waals surface area contributed by atoms with E-state index in [-0.39, 0.29) is 11.9 Å². The third-order valence-corrected chi connectivity index (χ3v) is 3.12. The van der Waals surface area contributed by atoms with Crippen molar-refractivity contribution in [1.29, 1.82) is 0 Å².